The van der Waals surface area contributed by atoms with Crippen molar-refractivity contribution in [2.24, 2.45) is 0 Å². The first-order chi connectivity index (χ1) is 18.4. The normalized spacial score (nSPS) is 14.2. The number of hydrogen-bond acceptors (Lipinski definition) is 6. The molecule has 0 radical (unpaired) electrons. The molecule has 4 aromatic carbocycles. The summed E-state index contributed by atoms with van der Waals surface area (Å²) in [7, 11) is 3.03. The maximum atomic E-state index is 13.3. The number of nitrogens with zero attached hydrogens (tertiary/aromatic N) is 2. The quantitative estimate of drug-likeness (QED) is 0.356. The molecule has 2 aliphatic rings. The number of benzene rings is 4. The van der Waals surface area contributed by atoms with Crippen LogP contribution in [-0.4, -0.2) is 37.8 Å². The van der Waals surface area contributed by atoms with E-state index in [-0.39, 0.29) is 22.3 Å². The van der Waals surface area contributed by atoms with Gasteiger partial charge in [0.05, 0.1) is 47.8 Å². The van der Waals surface area contributed by atoms with Gasteiger partial charge in [-0.05, 0) is 59.7 Å². The lowest BCUT2D eigenvalue weighted by Gasteiger charge is -2.14. The van der Waals surface area contributed by atoms with Crippen LogP contribution in [-0.2, 0) is 0 Å². The molecule has 0 bridgehead atoms. The number of carbonyl (C=O) groups excluding carboxylic acids is 4. The molecule has 6 rings (SSSR count). The molecule has 0 aromatic heterocycles. The minimum absolute atomic E-state index is 0.260. The minimum atomic E-state index is -0.447. The van der Waals surface area contributed by atoms with Crippen LogP contribution in [0.1, 0.15) is 41.4 Å². The minimum Gasteiger partial charge on any atom is -0.497 e. The van der Waals surface area contributed by atoms with Crippen LogP contribution in [0.3, 0.4) is 0 Å². The van der Waals surface area contributed by atoms with Gasteiger partial charge in [-0.2, -0.15) is 0 Å². The van der Waals surface area contributed by atoms with Crippen LogP contribution >= 0.6 is 0 Å². The number of hydrogen-bond donors (Lipinski definition) is 0. The van der Waals surface area contributed by atoms with Crippen molar-refractivity contribution in [3.05, 3.63) is 107 Å². The van der Waals surface area contributed by atoms with Gasteiger partial charge in [-0.3, -0.25) is 19.2 Å². The van der Waals surface area contributed by atoms with E-state index in [9.17, 15) is 19.2 Å². The van der Waals surface area contributed by atoms with Gasteiger partial charge in [-0.25, -0.2) is 9.80 Å². The Bertz CT molecular complexity index is 1570. The van der Waals surface area contributed by atoms with Crippen molar-refractivity contribution in [3.8, 4) is 22.6 Å². The molecule has 4 amide bonds. The van der Waals surface area contributed by atoms with Crippen LogP contribution in [0.15, 0.2) is 84.9 Å². The Morgan fingerprint density at radius 1 is 0.474 bits per heavy atom. The molecule has 2 aliphatic heterocycles. The molecule has 2 heterocycles. The summed E-state index contributed by atoms with van der Waals surface area (Å²) in [6.45, 7) is 0. The molecular formula is C30H20N2O6. The van der Waals surface area contributed by atoms with E-state index in [0.29, 0.717) is 34.0 Å². The van der Waals surface area contributed by atoms with Gasteiger partial charge in [0.2, 0.25) is 0 Å². The van der Waals surface area contributed by atoms with Gasteiger partial charge in [-0.15, -0.1) is 0 Å². The van der Waals surface area contributed by atoms with E-state index >= 15 is 0 Å². The number of carbonyl (C=O) groups is 4. The average molecular weight is 504 g/mol. The highest BCUT2D eigenvalue weighted by molar-refractivity contribution is 6.35. The zero-order chi connectivity index (χ0) is 26.6. The third-order valence-corrected chi connectivity index (χ3v) is 6.73. The predicted octanol–water partition coefficient (Wildman–Crippen LogP) is 4.97. The Labute approximate surface area is 217 Å². The maximum absolute atomic E-state index is 13.3. The Morgan fingerprint density at radius 2 is 0.868 bits per heavy atom. The van der Waals surface area contributed by atoms with E-state index in [1.807, 2.05) is 0 Å². The van der Waals surface area contributed by atoms with Gasteiger partial charge < -0.3 is 9.47 Å². The average Bonchev–Trinajstić information content (AvgIpc) is 3.36. The standard InChI is InChI=1S/C30H20N2O6/c1-37-21-7-3-5-19(15-21)31-27(33)23-11-9-17(13-25(23)29(31)35)18-10-12-24-26(14-18)30(36)32(28(24)34)20-6-4-8-22(16-20)38-2/h3-16H,1-2H3. The molecule has 0 N–H and O–H groups in total. The summed E-state index contributed by atoms with van der Waals surface area (Å²) in [4.78, 5) is 54.9. The van der Waals surface area contributed by atoms with Crippen LogP contribution in [0, 0.1) is 0 Å². The molecule has 8 nitrogen and oxygen atoms in total. The first-order valence-electron chi connectivity index (χ1n) is 11.8. The van der Waals surface area contributed by atoms with Gasteiger partial charge in [0.15, 0.2) is 0 Å². The van der Waals surface area contributed by atoms with E-state index in [1.165, 1.54) is 14.2 Å². The lowest BCUT2D eigenvalue weighted by molar-refractivity contribution is 0.0910. The second-order valence-corrected chi connectivity index (χ2v) is 8.82. The van der Waals surface area contributed by atoms with Crippen LogP contribution in [0.25, 0.3) is 11.1 Å². The summed E-state index contributed by atoms with van der Waals surface area (Å²) in [5, 5.41) is 0. The van der Waals surface area contributed by atoms with E-state index in [0.717, 1.165) is 9.80 Å². The van der Waals surface area contributed by atoms with Gasteiger partial charge in [0.1, 0.15) is 11.5 Å². The summed E-state index contributed by atoms with van der Waals surface area (Å²) >= 11 is 0. The summed E-state index contributed by atoms with van der Waals surface area (Å²) in [5.41, 5.74) is 3.21. The number of ether oxygens (including phenoxy) is 2. The SMILES string of the molecule is COc1cccc(N2C(=O)c3ccc(-c4ccc5c(c4)C(=O)N(c4cccc(OC)c4)C5=O)cc3C2=O)c1. The molecule has 186 valence electrons. The van der Waals surface area contributed by atoms with Crippen LogP contribution in [0.2, 0.25) is 0 Å². The summed E-state index contributed by atoms with van der Waals surface area (Å²) in [6, 6.07) is 23.4. The highest BCUT2D eigenvalue weighted by atomic mass is 16.5. The molecule has 4 aromatic rings. The molecule has 0 fully saturated rings. The Kier molecular flexibility index (Phi) is 5.31. The molecule has 0 unspecified atom stereocenters. The molecule has 0 saturated heterocycles. The van der Waals surface area contributed by atoms with Crippen molar-refractivity contribution >= 4 is 35.0 Å². The molecule has 0 atom stereocenters. The van der Waals surface area contributed by atoms with E-state index in [4.69, 9.17) is 9.47 Å². The smallest absolute Gasteiger partial charge is 0.266 e. The van der Waals surface area contributed by atoms with Crippen molar-refractivity contribution in [2.45, 2.75) is 0 Å². The van der Waals surface area contributed by atoms with Crippen molar-refractivity contribution in [2.75, 3.05) is 24.0 Å². The highest BCUT2D eigenvalue weighted by Crippen LogP contribution is 2.36. The number of imide groups is 2. The second kappa shape index (κ2) is 8.70. The van der Waals surface area contributed by atoms with Gasteiger partial charge in [0, 0.05) is 12.1 Å². The summed E-state index contributed by atoms with van der Waals surface area (Å²) in [6.07, 6.45) is 0. The van der Waals surface area contributed by atoms with E-state index in [1.54, 1.807) is 84.9 Å². The fourth-order valence-electron chi connectivity index (χ4n) is 4.81. The Morgan fingerprint density at radius 3 is 1.26 bits per heavy atom. The first kappa shape index (κ1) is 23.2. The maximum Gasteiger partial charge on any atom is 0.266 e. The topological polar surface area (TPSA) is 93.2 Å². The molecule has 0 spiro atoms. The van der Waals surface area contributed by atoms with Crippen molar-refractivity contribution in [1.29, 1.82) is 0 Å². The largest absolute Gasteiger partial charge is 0.497 e. The van der Waals surface area contributed by atoms with Crippen LogP contribution < -0.4 is 19.3 Å². The lowest BCUT2D eigenvalue weighted by atomic mass is 9.97. The summed E-state index contributed by atoms with van der Waals surface area (Å²) < 4.78 is 10.5. The van der Waals surface area contributed by atoms with Gasteiger partial charge >= 0.3 is 0 Å². The zero-order valence-electron chi connectivity index (χ0n) is 20.4. The van der Waals surface area contributed by atoms with Crippen molar-refractivity contribution in [1.82, 2.24) is 0 Å². The van der Waals surface area contributed by atoms with Gasteiger partial charge in [-0.1, -0.05) is 24.3 Å². The zero-order valence-corrected chi connectivity index (χ0v) is 20.4. The van der Waals surface area contributed by atoms with Crippen molar-refractivity contribution in [3.63, 3.8) is 0 Å². The van der Waals surface area contributed by atoms with Crippen LogP contribution in [0.4, 0.5) is 11.4 Å². The highest BCUT2D eigenvalue weighted by Gasteiger charge is 2.39. The van der Waals surface area contributed by atoms with E-state index < -0.39 is 23.6 Å². The molecule has 0 saturated carbocycles. The number of fused-ring (bicyclic) bond motifs is 2. The number of anilines is 2. The number of amides is 4. The fourth-order valence-corrected chi connectivity index (χ4v) is 4.81. The monoisotopic (exact) mass is 504 g/mol. The number of methoxy groups -OCH3 is 2. The van der Waals surface area contributed by atoms with Crippen LogP contribution in [0.5, 0.6) is 11.5 Å². The van der Waals surface area contributed by atoms with E-state index in [2.05, 4.69) is 0 Å². The lowest BCUT2D eigenvalue weighted by Crippen LogP contribution is -2.29. The fraction of sp³-hybridized carbons (Fsp3) is 0.0667. The predicted molar refractivity (Wildman–Crippen MR) is 140 cm³/mol. The molecule has 38 heavy (non-hydrogen) atoms. The second-order valence-electron chi connectivity index (χ2n) is 8.82. The third-order valence-electron chi connectivity index (χ3n) is 6.73. The first-order valence-corrected chi connectivity index (χ1v) is 11.8. The third kappa shape index (κ3) is 3.46. The Hall–Kier alpha value is -5.24. The molecular weight excluding hydrogens is 484 g/mol. The number of rotatable bonds is 5. The summed E-state index contributed by atoms with van der Waals surface area (Å²) in [5.74, 6) is -0.685. The molecule has 8 heteroatoms. The van der Waals surface area contributed by atoms with Crippen molar-refractivity contribution < 1.29 is 28.7 Å². The Balaban J connectivity index is 1.35. The van der Waals surface area contributed by atoms with Gasteiger partial charge in [0.25, 0.3) is 23.6 Å². The molecule has 0 aliphatic carbocycles.